The fourth-order valence-corrected chi connectivity index (χ4v) is 3.20. The summed E-state index contributed by atoms with van der Waals surface area (Å²) in [6.45, 7) is 3.36. The molecule has 1 N–H and O–H groups in total. The third kappa shape index (κ3) is 2.73. The quantitative estimate of drug-likeness (QED) is 0.799. The Morgan fingerprint density at radius 3 is 3.12 bits per heavy atom. The summed E-state index contributed by atoms with van der Waals surface area (Å²) in [5.41, 5.74) is 1.14. The van der Waals surface area contributed by atoms with Crippen molar-refractivity contribution in [2.75, 3.05) is 6.54 Å². The Bertz CT molecular complexity index is 833. The molecule has 1 fully saturated rings. The number of nitrogens with zero attached hydrogens (tertiary/aromatic N) is 4. The van der Waals surface area contributed by atoms with E-state index in [1.807, 2.05) is 40.9 Å². The van der Waals surface area contributed by atoms with Crippen LogP contribution >= 0.6 is 0 Å². The molecule has 24 heavy (non-hydrogen) atoms. The topological polar surface area (TPSA) is 80.0 Å². The molecule has 0 aromatic carbocycles. The van der Waals surface area contributed by atoms with Gasteiger partial charge in [0.2, 0.25) is 0 Å². The molecule has 4 heterocycles. The Morgan fingerprint density at radius 1 is 1.46 bits per heavy atom. The van der Waals surface area contributed by atoms with Crippen LogP contribution in [0.1, 0.15) is 29.1 Å². The lowest BCUT2D eigenvalue weighted by Crippen LogP contribution is -2.38. The SMILES string of the molecule is Cc1ccc(-c2cc(C(=O)N3CCC[C@@H]3Cn3cccn3)n[nH]2)o1. The molecule has 0 radical (unpaired) electrons. The number of aryl methyl sites for hydroxylation is 1. The van der Waals surface area contributed by atoms with Gasteiger partial charge in [-0.2, -0.15) is 10.2 Å². The predicted octanol–water partition coefficient (Wildman–Crippen LogP) is 2.48. The van der Waals surface area contributed by atoms with E-state index in [-0.39, 0.29) is 11.9 Å². The van der Waals surface area contributed by atoms with Gasteiger partial charge in [-0.15, -0.1) is 0 Å². The van der Waals surface area contributed by atoms with Crippen LogP contribution in [0.4, 0.5) is 0 Å². The van der Waals surface area contributed by atoms with Crippen LogP contribution in [0.15, 0.2) is 41.1 Å². The Labute approximate surface area is 139 Å². The van der Waals surface area contributed by atoms with Crippen molar-refractivity contribution in [2.24, 2.45) is 0 Å². The number of hydrogen-bond donors (Lipinski definition) is 1. The molecule has 1 saturated heterocycles. The molecule has 124 valence electrons. The minimum absolute atomic E-state index is 0.0459. The maximum absolute atomic E-state index is 12.8. The van der Waals surface area contributed by atoms with E-state index >= 15 is 0 Å². The van der Waals surface area contributed by atoms with Crippen molar-refractivity contribution in [3.05, 3.63) is 48.1 Å². The molecular weight excluding hydrogens is 306 g/mol. The zero-order valence-electron chi connectivity index (χ0n) is 13.5. The molecule has 0 bridgehead atoms. The predicted molar refractivity (Wildman–Crippen MR) is 87.3 cm³/mol. The second-order valence-corrected chi connectivity index (χ2v) is 6.10. The Hall–Kier alpha value is -2.83. The number of H-pyrrole nitrogens is 1. The number of rotatable bonds is 4. The number of carbonyl (C=O) groups is 1. The maximum atomic E-state index is 12.8. The lowest BCUT2D eigenvalue weighted by atomic mass is 10.2. The number of aromatic amines is 1. The largest absolute Gasteiger partial charge is 0.460 e. The fourth-order valence-electron chi connectivity index (χ4n) is 3.20. The highest BCUT2D eigenvalue weighted by Crippen LogP contribution is 2.24. The molecule has 0 spiro atoms. The Balaban J connectivity index is 1.51. The third-order valence-electron chi connectivity index (χ3n) is 4.40. The van der Waals surface area contributed by atoms with Crippen LogP contribution in [0.3, 0.4) is 0 Å². The summed E-state index contributed by atoms with van der Waals surface area (Å²) in [4.78, 5) is 14.7. The van der Waals surface area contributed by atoms with Gasteiger partial charge in [-0.05, 0) is 38.0 Å². The van der Waals surface area contributed by atoms with Crippen molar-refractivity contribution in [1.82, 2.24) is 24.9 Å². The van der Waals surface area contributed by atoms with E-state index in [9.17, 15) is 4.79 Å². The van der Waals surface area contributed by atoms with Gasteiger partial charge in [0, 0.05) is 25.0 Å². The average molecular weight is 325 g/mol. The minimum atomic E-state index is -0.0459. The Kier molecular flexibility index (Phi) is 3.68. The standard InChI is InChI=1S/C17H19N5O2/c1-12-5-6-16(24-12)14-10-15(20-19-14)17(23)22-9-2-4-13(22)11-21-8-3-7-18-21/h3,5-8,10,13H,2,4,9,11H2,1H3,(H,19,20)/t13-/m1/s1. The van der Waals surface area contributed by atoms with Crippen LogP contribution in [0.25, 0.3) is 11.5 Å². The van der Waals surface area contributed by atoms with Crippen LogP contribution in [-0.4, -0.2) is 43.4 Å². The highest BCUT2D eigenvalue weighted by Gasteiger charge is 2.31. The summed E-state index contributed by atoms with van der Waals surface area (Å²) < 4.78 is 7.44. The highest BCUT2D eigenvalue weighted by atomic mass is 16.3. The van der Waals surface area contributed by atoms with E-state index in [2.05, 4.69) is 15.3 Å². The third-order valence-corrected chi connectivity index (χ3v) is 4.40. The van der Waals surface area contributed by atoms with Crippen molar-refractivity contribution in [3.8, 4) is 11.5 Å². The van der Waals surface area contributed by atoms with Crippen molar-refractivity contribution in [3.63, 3.8) is 0 Å². The molecule has 0 unspecified atom stereocenters. The van der Waals surface area contributed by atoms with E-state index in [1.54, 1.807) is 12.3 Å². The summed E-state index contributed by atoms with van der Waals surface area (Å²) >= 11 is 0. The molecule has 7 heteroatoms. The van der Waals surface area contributed by atoms with Gasteiger partial charge in [0.15, 0.2) is 11.5 Å². The van der Waals surface area contributed by atoms with Crippen LogP contribution in [0, 0.1) is 6.92 Å². The molecule has 4 rings (SSSR count). The van der Waals surface area contributed by atoms with Crippen molar-refractivity contribution < 1.29 is 9.21 Å². The molecule has 1 aliphatic rings. The van der Waals surface area contributed by atoms with Crippen LogP contribution in [0.5, 0.6) is 0 Å². The normalized spacial score (nSPS) is 17.5. The molecule has 1 aliphatic heterocycles. The number of carbonyl (C=O) groups excluding carboxylic acids is 1. The first-order valence-corrected chi connectivity index (χ1v) is 8.11. The van der Waals surface area contributed by atoms with Crippen LogP contribution in [0.2, 0.25) is 0 Å². The second kappa shape index (κ2) is 5.99. The molecular formula is C17H19N5O2. The molecule has 3 aromatic heterocycles. The lowest BCUT2D eigenvalue weighted by molar-refractivity contribution is 0.0715. The maximum Gasteiger partial charge on any atom is 0.274 e. The average Bonchev–Trinajstić information content (AvgIpc) is 3.35. The summed E-state index contributed by atoms with van der Waals surface area (Å²) in [6.07, 6.45) is 5.67. The van der Waals surface area contributed by atoms with Gasteiger partial charge >= 0.3 is 0 Å². The molecule has 1 amide bonds. The van der Waals surface area contributed by atoms with E-state index < -0.39 is 0 Å². The number of amides is 1. The molecule has 7 nitrogen and oxygen atoms in total. The summed E-state index contributed by atoms with van der Waals surface area (Å²) in [5, 5.41) is 11.3. The van der Waals surface area contributed by atoms with Gasteiger partial charge in [-0.1, -0.05) is 0 Å². The first-order chi connectivity index (χ1) is 11.7. The van der Waals surface area contributed by atoms with Crippen LogP contribution < -0.4 is 0 Å². The summed E-state index contributed by atoms with van der Waals surface area (Å²) in [7, 11) is 0. The zero-order chi connectivity index (χ0) is 16.5. The molecule has 3 aromatic rings. The van der Waals surface area contributed by atoms with E-state index in [1.165, 1.54) is 0 Å². The van der Waals surface area contributed by atoms with E-state index in [0.717, 1.165) is 25.1 Å². The summed E-state index contributed by atoms with van der Waals surface area (Å²) in [5.74, 6) is 1.47. The van der Waals surface area contributed by atoms with E-state index in [0.29, 0.717) is 23.7 Å². The molecule has 1 atom stereocenters. The van der Waals surface area contributed by atoms with Crippen LogP contribution in [-0.2, 0) is 6.54 Å². The smallest absolute Gasteiger partial charge is 0.274 e. The monoisotopic (exact) mass is 325 g/mol. The number of nitrogens with one attached hydrogen (secondary N) is 1. The molecule has 0 saturated carbocycles. The van der Waals surface area contributed by atoms with Gasteiger partial charge < -0.3 is 9.32 Å². The lowest BCUT2D eigenvalue weighted by Gasteiger charge is -2.23. The highest BCUT2D eigenvalue weighted by molar-refractivity contribution is 5.93. The fraction of sp³-hybridized carbons (Fsp3) is 0.353. The van der Waals surface area contributed by atoms with Gasteiger partial charge in [-0.25, -0.2) is 0 Å². The Morgan fingerprint density at radius 2 is 2.38 bits per heavy atom. The molecule has 0 aliphatic carbocycles. The van der Waals surface area contributed by atoms with Crippen molar-refractivity contribution >= 4 is 5.91 Å². The number of likely N-dealkylation sites (tertiary alicyclic amines) is 1. The minimum Gasteiger partial charge on any atom is -0.460 e. The number of aromatic nitrogens is 4. The van der Waals surface area contributed by atoms with E-state index in [4.69, 9.17) is 4.42 Å². The first-order valence-electron chi connectivity index (χ1n) is 8.11. The number of furan rings is 1. The van der Waals surface area contributed by atoms with Gasteiger partial charge in [0.25, 0.3) is 5.91 Å². The summed E-state index contributed by atoms with van der Waals surface area (Å²) in [6, 6.07) is 7.56. The van der Waals surface area contributed by atoms with Gasteiger partial charge in [0.1, 0.15) is 11.5 Å². The number of hydrogen-bond acceptors (Lipinski definition) is 4. The zero-order valence-corrected chi connectivity index (χ0v) is 13.5. The second-order valence-electron chi connectivity index (χ2n) is 6.10. The van der Waals surface area contributed by atoms with Gasteiger partial charge in [0.05, 0.1) is 12.6 Å². The van der Waals surface area contributed by atoms with Crippen molar-refractivity contribution in [2.45, 2.75) is 32.4 Å². The van der Waals surface area contributed by atoms with Crippen molar-refractivity contribution in [1.29, 1.82) is 0 Å². The first kappa shape index (κ1) is 14.7. The van der Waals surface area contributed by atoms with Gasteiger partial charge in [-0.3, -0.25) is 14.6 Å².